The Morgan fingerprint density at radius 1 is 0.906 bits per heavy atom. The molecule has 0 bridgehead atoms. The first-order valence-corrected chi connectivity index (χ1v) is 12.2. The molecule has 2 amide bonds. The van der Waals surface area contributed by atoms with Crippen molar-refractivity contribution in [1.82, 2.24) is 10.2 Å². The van der Waals surface area contributed by atoms with Crippen LogP contribution in [-0.4, -0.2) is 28.8 Å². The van der Waals surface area contributed by atoms with Gasteiger partial charge in [-0.3, -0.25) is 9.59 Å². The van der Waals surface area contributed by atoms with E-state index in [2.05, 4.69) is 67.7 Å². The van der Waals surface area contributed by atoms with E-state index in [1.807, 2.05) is 6.92 Å². The SMILES string of the molecule is CC[C@H](C(=O)NC1CCCCC1)N(Cc1ccc(C)cc1)C(=O)CCc1ccc(C)cc1. The molecular formula is C28H38N2O2. The molecule has 3 rings (SSSR count). The highest BCUT2D eigenvalue weighted by Crippen LogP contribution is 2.20. The first-order chi connectivity index (χ1) is 15.5. The van der Waals surface area contributed by atoms with Crippen LogP contribution < -0.4 is 5.32 Å². The Bertz CT molecular complexity index is 867. The lowest BCUT2D eigenvalue weighted by molar-refractivity contribution is -0.141. The average molecular weight is 435 g/mol. The Balaban J connectivity index is 1.73. The summed E-state index contributed by atoms with van der Waals surface area (Å²) in [7, 11) is 0. The van der Waals surface area contributed by atoms with Crippen LogP contribution in [-0.2, 0) is 22.6 Å². The van der Waals surface area contributed by atoms with Crippen LogP contribution in [0.5, 0.6) is 0 Å². The number of amides is 2. The lowest BCUT2D eigenvalue weighted by Crippen LogP contribution is -2.51. The highest BCUT2D eigenvalue weighted by atomic mass is 16.2. The molecule has 1 aliphatic carbocycles. The number of nitrogens with one attached hydrogen (secondary N) is 1. The van der Waals surface area contributed by atoms with Crippen LogP contribution >= 0.6 is 0 Å². The van der Waals surface area contributed by atoms with Gasteiger partial charge in [0.25, 0.3) is 0 Å². The van der Waals surface area contributed by atoms with Crippen LogP contribution in [0, 0.1) is 13.8 Å². The second-order valence-electron chi connectivity index (χ2n) is 9.26. The largest absolute Gasteiger partial charge is 0.352 e. The van der Waals surface area contributed by atoms with E-state index in [0.29, 0.717) is 25.8 Å². The van der Waals surface area contributed by atoms with Gasteiger partial charge in [-0.05, 0) is 50.7 Å². The van der Waals surface area contributed by atoms with Crippen LogP contribution in [0.4, 0.5) is 0 Å². The van der Waals surface area contributed by atoms with Gasteiger partial charge in [0, 0.05) is 19.0 Å². The van der Waals surface area contributed by atoms with E-state index in [-0.39, 0.29) is 17.9 Å². The number of carbonyl (C=O) groups excluding carboxylic acids is 2. The molecule has 0 aromatic heterocycles. The van der Waals surface area contributed by atoms with Crippen LogP contribution in [0.1, 0.15) is 74.1 Å². The second-order valence-corrected chi connectivity index (χ2v) is 9.26. The van der Waals surface area contributed by atoms with E-state index in [4.69, 9.17) is 0 Å². The number of benzene rings is 2. The van der Waals surface area contributed by atoms with Gasteiger partial charge in [-0.25, -0.2) is 0 Å². The summed E-state index contributed by atoms with van der Waals surface area (Å²) in [4.78, 5) is 28.4. The number of nitrogens with zero attached hydrogens (tertiary/aromatic N) is 1. The number of aryl methyl sites for hydroxylation is 3. The Morgan fingerprint density at radius 2 is 1.47 bits per heavy atom. The van der Waals surface area contributed by atoms with Gasteiger partial charge in [-0.2, -0.15) is 0 Å². The zero-order valence-electron chi connectivity index (χ0n) is 19.9. The van der Waals surface area contributed by atoms with E-state index < -0.39 is 6.04 Å². The maximum Gasteiger partial charge on any atom is 0.243 e. The molecule has 2 aromatic carbocycles. The van der Waals surface area contributed by atoms with E-state index in [0.717, 1.165) is 24.0 Å². The Morgan fingerprint density at radius 3 is 2.03 bits per heavy atom. The first-order valence-electron chi connectivity index (χ1n) is 12.2. The molecule has 0 radical (unpaired) electrons. The quantitative estimate of drug-likeness (QED) is 0.567. The number of hydrogen-bond acceptors (Lipinski definition) is 2. The molecule has 1 aliphatic rings. The van der Waals surface area contributed by atoms with Gasteiger partial charge in [0.05, 0.1) is 0 Å². The molecule has 1 saturated carbocycles. The van der Waals surface area contributed by atoms with Gasteiger partial charge in [0.15, 0.2) is 0 Å². The monoisotopic (exact) mass is 434 g/mol. The predicted octanol–water partition coefficient (Wildman–Crippen LogP) is 5.49. The normalized spacial score (nSPS) is 15.2. The van der Waals surface area contributed by atoms with Crippen LogP contribution in [0.2, 0.25) is 0 Å². The van der Waals surface area contributed by atoms with Crippen molar-refractivity contribution < 1.29 is 9.59 Å². The van der Waals surface area contributed by atoms with E-state index in [1.54, 1.807) is 4.90 Å². The number of carbonyl (C=O) groups is 2. The van der Waals surface area contributed by atoms with Gasteiger partial charge in [0.2, 0.25) is 11.8 Å². The molecule has 0 saturated heterocycles. The van der Waals surface area contributed by atoms with E-state index in [1.165, 1.54) is 30.4 Å². The topological polar surface area (TPSA) is 49.4 Å². The number of rotatable bonds is 9. The minimum absolute atomic E-state index is 0.00445. The molecule has 4 nitrogen and oxygen atoms in total. The Labute approximate surface area is 193 Å². The molecule has 0 aliphatic heterocycles. The van der Waals surface area contributed by atoms with Gasteiger partial charge in [0.1, 0.15) is 6.04 Å². The summed E-state index contributed by atoms with van der Waals surface area (Å²) in [6.45, 7) is 6.58. The minimum atomic E-state index is -0.441. The molecule has 2 aromatic rings. The van der Waals surface area contributed by atoms with Crippen molar-refractivity contribution in [1.29, 1.82) is 0 Å². The van der Waals surface area contributed by atoms with Crippen molar-refractivity contribution >= 4 is 11.8 Å². The molecule has 1 fully saturated rings. The maximum absolute atomic E-state index is 13.4. The Hall–Kier alpha value is -2.62. The summed E-state index contributed by atoms with van der Waals surface area (Å²) in [6.07, 6.45) is 7.38. The van der Waals surface area contributed by atoms with E-state index in [9.17, 15) is 9.59 Å². The summed E-state index contributed by atoms with van der Waals surface area (Å²) in [5.41, 5.74) is 4.61. The zero-order valence-corrected chi connectivity index (χ0v) is 19.9. The minimum Gasteiger partial charge on any atom is -0.352 e. The third-order valence-electron chi connectivity index (χ3n) is 6.56. The lowest BCUT2D eigenvalue weighted by atomic mass is 9.95. The molecule has 1 atom stereocenters. The van der Waals surface area contributed by atoms with Gasteiger partial charge in [-0.15, -0.1) is 0 Å². The summed E-state index contributed by atoms with van der Waals surface area (Å²) in [6, 6.07) is 16.4. The zero-order chi connectivity index (χ0) is 22.9. The van der Waals surface area contributed by atoms with Gasteiger partial charge < -0.3 is 10.2 Å². The molecule has 0 heterocycles. The van der Waals surface area contributed by atoms with Gasteiger partial charge >= 0.3 is 0 Å². The second kappa shape index (κ2) is 11.8. The fourth-order valence-corrected chi connectivity index (χ4v) is 4.50. The molecule has 4 heteroatoms. The maximum atomic E-state index is 13.4. The third-order valence-corrected chi connectivity index (χ3v) is 6.56. The fourth-order valence-electron chi connectivity index (χ4n) is 4.50. The Kier molecular flexibility index (Phi) is 8.90. The smallest absolute Gasteiger partial charge is 0.243 e. The summed E-state index contributed by atoms with van der Waals surface area (Å²) < 4.78 is 0. The fraction of sp³-hybridized carbons (Fsp3) is 0.500. The molecule has 172 valence electrons. The molecule has 1 N–H and O–H groups in total. The molecule has 32 heavy (non-hydrogen) atoms. The highest BCUT2D eigenvalue weighted by Gasteiger charge is 2.30. The first kappa shape index (κ1) is 24.0. The molecule has 0 unspecified atom stereocenters. The van der Waals surface area contributed by atoms with Crippen molar-refractivity contribution in [2.75, 3.05) is 0 Å². The summed E-state index contributed by atoms with van der Waals surface area (Å²) in [5, 5.41) is 3.25. The standard InChI is InChI=1S/C28H38N2O2/c1-4-26(28(32)29-25-8-6-5-7-9-25)30(20-24-16-12-22(3)13-17-24)27(31)19-18-23-14-10-21(2)11-15-23/h10-17,25-26H,4-9,18-20H2,1-3H3,(H,29,32)/t26-/m1/s1. The number of hydrogen-bond donors (Lipinski definition) is 1. The predicted molar refractivity (Wildman–Crippen MR) is 130 cm³/mol. The average Bonchev–Trinajstić information content (AvgIpc) is 2.80. The van der Waals surface area contributed by atoms with Crippen LogP contribution in [0.25, 0.3) is 0 Å². The molecular weight excluding hydrogens is 396 g/mol. The summed E-state index contributed by atoms with van der Waals surface area (Å²) >= 11 is 0. The van der Waals surface area contributed by atoms with Crippen molar-refractivity contribution in [2.45, 2.75) is 90.8 Å². The summed E-state index contributed by atoms with van der Waals surface area (Å²) in [5.74, 6) is 0.0343. The third kappa shape index (κ3) is 6.94. The van der Waals surface area contributed by atoms with Crippen molar-refractivity contribution in [3.05, 3.63) is 70.8 Å². The lowest BCUT2D eigenvalue weighted by Gasteiger charge is -2.33. The van der Waals surface area contributed by atoms with Crippen LogP contribution in [0.15, 0.2) is 48.5 Å². The molecule has 0 spiro atoms. The van der Waals surface area contributed by atoms with Crippen molar-refractivity contribution in [2.24, 2.45) is 0 Å². The van der Waals surface area contributed by atoms with Crippen LogP contribution in [0.3, 0.4) is 0 Å². The van der Waals surface area contributed by atoms with Crippen molar-refractivity contribution in [3.63, 3.8) is 0 Å². The van der Waals surface area contributed by atoms with Gasteiger partial charge in [-0.1, -0.05) is 85.8 Å². The van der Waals surface area contributed by atoms with E-state index >= 15 is 0 Å². The highest BCUT2D eigenvalue weighted by molar-refractivity contribution is 5.88. The van der Waals surface area contributed by atoms with Crippen molar-refractivity contribution in [3.8, 4) is 0 Å².